The number of hydrogen-bond acceptors (Lipinski definition) is 0. The highest BCUT2D eigenvalue weighted by Crippen LogP contribution is 2.03. The van der Waals surface area contributed by atoms with Gasteiger partial charge in [0, 0.05) is 0 Å². The van der Waals surface area contributed by atoms with Crippen LogP contribution < -0.4 is 0 Å². The smallest absolute Gasteiger partial charge is 0.147 e. The van der Waals surface area contributed by atoms with E-state index in [1.54, 1.807) is 0 Å². The third-order valence-corrected chi connectivity index (χ3v) is 0. The Balaban J connectivity index is 0. The topological polar surface area (TPSA) is 0 Å². The minimum absolute atomic E-state index is 0. The third-order valence-electron chi connectivity index (χ3n) is 0. The van der Waals surface area contributed by atoms with E-state index in [4.69, 9.17) is 11.1 Å². The molecule has 0 saturated heterocycles. The molecule has 0 heterocycles. The third kappa shape index (κ3) is 109. The molecule has 0 aromatic carbocycles. The molecule has 3 heteroatoms. The van der Waals surface area contributed by atoms with Crippen LogP contribution in [0.3, 0.4) is 0 Å². The predicted molar refractivity (Wildman–Crippen MR) is 36.4 cm³/mol. The Bertz CT molecular complexity index is 24.3. The summed E-state index contributed by atoms with van der Waals surface area (Å²) < 4.78 is 0. The Hall–Kier alpha value is 0.797. The molecule has 0 atom stereocenters. The lowest BCUT2D eigenvalue weighted by Gasteiger charge is -1.97. The van der Waals surface area contributed by atoms with Crippen LogP contribution in [0.1, 0.15) is 0 Å². The van der Waals surface area contributed by atoms with Gasteiger partial charge in [0.1, 0.15) is 7.38 Å². The lowest BCUT2D eigenvalue weighted by Crippen LogP contribution is -2.06. The molecule has 0 nitrogen and oxygen atoms in total. The molecule has 0 aromatic rings. The number of rotatable bonds is 0. The van der Waals surface area contributed by atoms with Crippen LogP contribution in [0.25, 0.3) is 0 Å². The van der Waals surface area contributed by atoms with Crippen LogP contribution in [-0.4, -0.2) is 7.38 Å². The normalized spacial score (nSPS) is 10.0. The van der Waals surface area contributed by atoms with Gasteiger partial charge in [0.15, 0.2) is 0 Å². The van der Waals surface area contributed by atoms with Crippen molar-refractivity contribution in [3.05, 3.63) is 0 Å². The van der Waals surface area contributed by atoms with Gasteiger partial charge in [-0.25, -0.2) is 0 Å². The Labute approximate surface area is 51.0 Å². The molecule has 0 amide bonds. The van der Waals surface area contributed by atoms with E-state index >= 15 is 0 Å². The summed E-state index contributed by atoms with van der Waals surface area (Å²) in [5.74, 6) is 0. The molecule has 0 bridgehead atoms. The lowest BCUT2D eigenvalue weighted by atomic mass is 11.8. The number of halogens is 2. The molecule has 6 heavy (non-hydrogen) atoms. The summed E-state index contributed by atoms with van der Waals surface area (Å²) in [4.78, 5) is 0. The zero-order valence-electron chi connectivity index (χ0n) is 4.29. The molecular formula is C3H10Cl2Si. The maximum absolute atomic E-state index is 5.67. The highest BCUT2D eigenvalue weighted by atomic mass is 35.6. The van der Waals surface area contributed by atoms with Gasteiger partial charge in [-0.15, -0.1) is 12.4 Å². The SMILES string of the molecule is C[Si](C)(C)Cl.Cl. The Kier molecular flexibility index (Phi) is 4.78. The first-order valence-corrected chi connectivity index (χ1v) is 6.20. The van der Waals surface area contributed by atoms with Crippen LogP contribution in [0.15, 0.2) is 0 Å². The molecule has 0 fully saturated rings. The van der Waals surface area contributed by atoms with Crippen LogP contribution >= 0.6 is 23.5 Å². The first kappa shape index (κ1) is 9.93. The van der Waals surface area contributed by atoms with Crippen molar-refractivity contribution < 1.29 is 0 Å². The summed E-state index contributed by atoms with van der Waals surface area (Å²) >= 11 is 5.67. The van der Waals surface area contributed by atoms with Crippen LogP contribution in [0.2, 0.25) is 19.6 Å². The van der Waals surface area contributed by atoms with E-state index in [0.29, 0.717) is 0 Å². The molecule has 0 aliphatic carbocycles. The van der Waals surface area contributed by atoms with Crippen molar-refractivity contribution in [2.45, 2.75) is 19.6 Å². The molecule has 0 radical (unpaired) electrons. The second kappa shape index (κ2) is 2.89. The molecule has 0 saturated carbocycles. The summed E-state index contributed by atoms with van der Waals surface area (Å²) in [5, 5.41) is 0. The molecule has 0 unspecified atom stereocenters. The summed E-state index contributed by atoms with van der Waals surface area (Å²) in [5.41, 5.74) is 0. The fourth-order valence-electron chi connectivity index (χ4n) is 0. The average Bonchev–Trinajstić information content (AvgIpc) is 0.722. The Morgan fingerprint density at radius 2 is 1.17 bits per heavy atom. The van der Waals surface area contributed by atoms with E-state index in [2.05, 4.69) is 19.6 Å². The highest BCUT2D eigenvalue weighted by Gasteiger charge is 2.04. The fraction of sp³-hybridized carbons (Fsp3) is 1.00. The van der Waals surface area contributed by atoms with Gasteiger partial charge in [0.2, 0.25) is 0 Å². The summed E-state index contributed by atoms with van der Waals surface area (Å²) in [7, 11) is -1.14. The van der Waals surface area contributed by atoms with Crippen LogP contribution in [0.5, 0.6) is 0 Å². The van der Waals surface area contributed by atoms with Crippen molar-refractivity contribution in [1.82, 2.24) is 0 Å². The maximum atomic E-state index is 5.67. The lowest BCUT2D eigenvalue weighted by molar-refractivity contribution is 1.87. The largest absolute Gasteiger partial charge is 0.168 e. The second-order valence-electron chi connectivity index (χ2n) is 2.07. The van der Waals surface area contributed by atoms with Crippen LogP contribution in [0.4, 0.5) is 0 Å². The molecule has 40 valence electrons. The standard InChI is InChI=1S/C3H9ClSi.ClH/c1-5(2,3)4;/h1-3H3;1H. The van der Waals surface area contributed by atoms with Crippen molar-refractivity contribution in [2.24, 2.45) is 0 Å². The molecular weight excluding hydrogens is 135 g/mol. The Morgan fingerprint density at radius 1 is 1.17 bits per heavy atom. The molecule has 0 aromatic heterocycles. The van der Waals surface area contributed by atoms with Gasteiger partial charge in [-0.1, -0.05) is 19.6 Å². The summed E-state index contributed by atoms with van der Waals surface area (Å²) in [6.45, 7) is 6.28. The van der Waals surface area contributed by atoms with Crippen molar-refractivity contribution in [3.8, 4) is 0 Å². The molecule has 0 aliphatic heterocycles. The maximum Gasteiger partial charge on any atom is 0.147 e. The Morgan fingerprint density at radius 3 is 1.17 bits per heavy atom. The van der Waals surface area contributed by atoms with E-state index in [-0.39, 0.29) is 12.4 Å². The average molecular weight is 145 g/mol. The zero-order chi connectivity index (χ0) is 4.50. The molecule has 0 rings (SSSR count). The van der Waals surface area contributed by atoms with Gasteiger partial charge in [0.05, 0.1) is 0 Å². The van der Waals surface area contributed by atoms with E-state index in [1.165, 1.54) is 0 Å². The van der Waals surface area contributed by atoms with E-state index < -0.39 is 7.38 Å². The second-order valence-corrected chi connectivity index (χ2v) is 9.60. The molecule has 0 N–H and O–H groups in total. The first-order valence-electron chi connectivity index (χ1n) is 1.69. The van der Waals surface area contributed by atoms with Crippen LogP contribution in [0, 0.1) is 0 Å². The van der Waals surface area contributed by atoms with Crippen molar-refractivity contribution in [1.29, 1.82) is 0 Å². The molecule has 0 aliphatic rings. The van der Waals surface area contributed by atoms with E-state index in [1.807, 2.05) is 0 Å². The van der Waals surface area contributed by atoms with Gasteiger partial charge in [-0.3, -0.25) is 0 Å². The molecule has 0 spiro atoms. The minimum Gasteiger partial charge on any atom is -0.168 e. The van der Waals surface area contributed by atoms with Gasteiger partial charge >= 0.3 is 0 Å². The highest BCUT2D eigenvalue weighted by molar-refractivity contribution is 7.18. The minimum atomic E-state index is -1.14. The van der Waals surface area contributed by atoms with Gasteiger partial charge in [-0.05, 0) is 0 Å². The van der Waals surface area contributed by atoms with Crippen molar-refractivity contribution in [3.63, 3.8) is 0 Å². The fourth-order valence-corrected chi connectivity index (χ4v) is 0. The van der Waals surface area contributed by atoms with Crippen LogP contribution in [-0.2, 0) is 0 Å². The van der Waals surface area contributed by atoms with Gasteiger partial charge in [0.25, 0.3) is 0 Å². The summed E-state index contributed by atoms with van der Waals surface area (Å²) in [6, 6.07) is 0. The van der Waals surface area contributed by atoms with E-state index in [0.717, 1.165) is 0 Å². The number of hydrogen-bond donors (Lipinski definition) is 0. The van der Waals surface area contributed by atoms with Crippen molar-refractivity contribution in [2.75, 3.05) is 0 Å². The van der Waals surface area contributed by atoms with Gasteiger partial charge < -0.3 is 0 Å². The monoisotopic (exact) mass is 144 g/mol. The summed E-state index contributed by atoms with van der Waals surface area (Å²) in [6.07, 6.45) is 0. The first-order chi connectivity index (χ1) is 2.00. The van der Waals surface area contributed by atoms with Crippen molar-refractivity contribution >= 4 is 30.9 Å². The zero-order valence-corrected chi connectivity index (χ0v) is 6.86. The quantitative estimate of drug-likeness (QED) is 0.363. The van der Waals surface area contributed by atoms with Gasteiger partial charge in [-0.2, -0.15) is 11.1 Å². The van der Waals surface area contributed by atoms with E-state index in [9.17, 15) is 0 Å². The predicted octanol–water partition coefficient (Wildman–Crippen LogP) is 2.48.